The minimum absolute atomic E-state index is 0.116. The van der Waals surface area contributed by atoms with Gasteiger partial charge in [0.15, 0.2) is 0 Å². The second-order valence-electron chi connectivity index (χ2n) is 9.78. The third-order valence-corrected chi connectivity index (χ3v) is 5.32. The van der Waals surface area contributed by atoms with Crippen molar-refractivity contribution in [2.75, 3.05) is 33.2 Å². The topological polar surface area (TPSA) is 134 Å². The molecule has 182 valence electrons. The summed E-state index contributed by atoms with van der Waals surface area (Å²) in [6.07, 6.45) is -2.70. The van der Waals surface area contributed by atoms with E-state index in [1.165, 1.54) is 32.0 Å². The fourth-order valence-electron chi connectivity index (χ4n) is 3.67. The number of nitro groups is 1. The van der Waals surface area contributed by atoms with Crippen molar-refractivity contribution in [3.05, 3.63) is 39.4 Å². The highest BCUT2D eigenvalue weighted by Gasteiger charge is 2.40. The summed E-state index contributed by atoms with van der Waals surface area (Å²) in [7, 11) is 1.96. The van der Waals surface area contributed by atoms with Crippen molar-refractivity contribution >= 4 is 23.8 Å². The van der Waals surface area contributed by atoms with Crippen LogP contribution in [-0.2, 0) is 11.2 Å². The molecule has 11 nitrogen and oxygen atoms in total. The maximum atomic E-state index is 13.2. The number of amides is 3. The normalized spacial score (nSPS) is 15.2. The number of carbonyl (C=O) groups excluding carboxylic acids is 2. The second kappa shape index (κ2) is 9.74. The van der Waals surface area contributed by atoms with Crippen LogP contribution in [-0.4, -0.2) is 87.2 Å². The van der Waals surface area contributed by atoms with Gasteiger partial charge >= 0.3 is 12.2 Å². The van der Waals surface area contributed by atoms with Crippen molar-refractivity contribution < 1.29 is 29.2 Å². The fourth-order valence-corrected chi connectivity index (χ4v) is 3.67. The minimum Gasteiger partial charge on any atom is -0.465 e. The van der Waals surface area contributed by atoms with Crippen LogP contribution in [0, 0.1) is 10.1 Å². The van der Waals surface area contributed by atoms with Gasteiger partial charge in [-0.3, -0.25) is 14.9 Å². The van der Waals surface area contributed by atoms with E-state index in [9.17, 15) is 29.6 Å². The third-order valence-electron chi connectivity index (χ3n) is 5.32. The van der Waals surface area contributed by atoms with E-state index < -0.39 is 28.2 Å². The van der Waals surface area contributed by atoms with Gasteiger partial charge < -0.3 is 19.6 Å². The van der Waals surface area contributed by atoms with Crippen molar-refractivity contribution in [1.29, 1.82) is 0 Å². The van der Waals surface area contributed by atoms with E-state index >= 15 is 0 Å². The number of nitro benzene ring substituents is 1. The van der Waals surface area contributed by atoms with Crippen molar-refractivity contribution in [3.63, 3.8) is 0 Å². The van der Waals surface area contributed by atoms with Crippen LogP contribution >= 0.6 is 0 Å². The molecule has 1 aliphatic rings. The Bertz CT molecular complexity index is 931. The molecular formula is C22H32N4O7. The fraction of sp³-hybridized carbons (Fsp3) is 0.591. The van der Waals surface area contributed by atoms with E-state index in [-0.39, 0.29) is 29.1 Å². The number of piperazine rings is 1. The molecule has 33 heavy (non-hydrogen) atoms. The monoisotopic (exact) mass is 464 g/mol. The molecule has 0 unspecified atom stereocenters. The zero-order chi connectivity index (χ0) is 25.1. The Kier molecular flexibility index (Phi) is 7.68. The number of likely N-dealkylation sites (N-methyl/N-ethyl adjacent to an activating group) is 1. The molecule has 1 heterocycles. The molecule has 11 heteroatoms. The molecule has 0 saturated carbocycles. The summed E-state index contributed by atoms with van der Waals surface area (Å²) in [6, 6.07) is 3.91. The maximum Gasteiger partial charge on any atom is 0.420 e. The first-order valence-electron chi connectivity index (χ1n) is 10.6. The number of non-ortho nitro benzene ring substituents is 1. The van der Waals surface area contributed by atoms with Gasteiger partial charge in [-0.2, -0.15) is 0 Å². The van der Waals surface area contributed by atoms with Gasteiger partial charge in [-0.05, 0) is 59.7 Å². The first-order chi connectivity index (χ1) is 15.1. The quantitative estimate of drug-likeness (QED) is 0.519. The van der Waals surface area contributed by atoms with E-state index in [2.05, 4.69) is 4.90 Å². The van der Waals surface area contributed by atoms with Crippen LogP contribution in [0.25, 0.3) is 0 Å². The minimum atomic E-state index is -1.52. The van der Waals surface area contributed by atoms with Gasteiger partial charge in [0.25, 0.3) is 11.6 Å². The molecule has 1 fully saturated rings. The predicted molar refractivity (Wildman–Crippen MR) is 120 cm³/mol. The van der Waals surface area contributed by atoms with Gasteiger partial charge in [0.05, 0.1) is 10.5 Å². The molecule has 1 aromatic carbocycles. The summed E-state index contributed by atoms with van der Waals surface area (Å²) in [5.41, 5.74) is -1.98. The van der Waals surface area contributed by atoms with Crippen LogP contribution in [0.4, 0.5) is 15.3 Å². The number of carboxylic acid groups (broad SMARTS) is 1. The molecule has 0 spiro atoms. The summed E-state index contributed by atoms with van der Waals surface area (Å²) >= 11 is 0. The van der Waals surface area contributed by atoms with Gasteiger partial charge in [-0.15, -0.1) is 0 Å². The standard InChI is InChI=1S/C22H32N4O7/c1-21(2,3)33-20(30)25(19(28)29)22(4,5)14-15-13-16(26(31)32)7-8-17(15)18(27)24-11-9-23(6)10-12-24/h7-8,13H,9-12,14H2,1-6H3,(H,28,29). The zero-order valence-corrected chi connectivity index (χ0v) is 20.0. The average Bonchev–Trinajstić information content (AvgIpc) is 2.65. The molecule has 1 aromatic rings. The molecule has 1 N–H and O–H groups in total. The van der Waals surface area contributed by atoms with E-state index in [4.69, 9.17) is 4.74 Å². The lowest BCUT2D eigenvalue weighted by Crippen LogP contribution is -2.53. The Labute approximate surface area is 193 Å². The Morgan fingerprint density at radius 1 is 1.12 bits per heavy atom. The highest BCUT2D eigenvalue weighted by atomic mass is 16.6. The first-order valence-corrected chi connectivity index (χ1v) is 10.6. The van der Waals surface area contributed by atoms with Crippen LogP contribution in [0.3, 0.4) is 0 Å². The lowest BCUT2D eigenvalue weighted by atomic mass is 9.89. The summed E-state index contributed by atoms with van der Waals surface area (Å²) in [5.74, 6) is -0.289. The number of ether oxygens (including phenoxy) is 1. The average molecular weight is 465 g/mol. The number of rotatable bonds is 5. The molecule has 2 rings (SSSR count). The number of benzene rings is 1. The van der Waals surface area contributed by atoms with E-state index in [0.29, 0.717) is 31.1 Å². The molecule has 0 atom stereocenters. The lowest BCUT2D eigenvalue weighted by Gasteiger charge is -2.36. The molecule has 0 radical (unpaired) electrons. The highest BCUT2D eigenvalue weighted by molar-refractivity contribution is 5.96. The van der Waals surface area contributed by atoms with Crippen LogP contribution in [0.1, 0.15) is 50.5 Å². The number of imide groups is 1. The summed E-state index contributed by atoms with van der Waals surface area (Å²) in [5, 5.41) is 21.1. The molecular weight excluding hydrogens is 432 g/mol. The first kappa shape index (κ1) is 26.0. The summed E-state index contributed by atoms with van der Waals surface area (Å²) < 4.78 is 5.25. The smallest absolute Gasteiger partial charge is 0.420 e. The predicted octanol–water partition coefficient (Wildman–Crippen LogP) is 3.22. The highest BCUT2D eigenvalue weighted by Crippen LogP contribution is 2.28. The van der Waals surface area contributed by atoms with Crippen LogP contribution in [0.5, 0.6) is 0 Å². The molecule has 1 aliphatic heterocycles. The van der Waals surface area contributed by atoms with Gasteiger partial charge in [0.2, 0.25) is 0 Å². The maximum absolute atomic E-state index is 13.2. The van der Waals surface area contributed by atoms with Gasteiger partial charge in [0.1, 0.15) is 5.60 Å². The van der Waals surface area contributed by atoms with Crippen LogP contribution in [0.15, 0.2) is 18.2 Å². The van der Waals surface area contributed by atoms with E-state index in [0.717, 1.165) is 0 Å². The number of carbonyl (C=O) groups is 3. The Balaban J connectivity index is 2.44. The largest absolute Gasteiger partial charge is 0.465 e. The number of nitrogens with zero attached hydrogens (tertiary/aromatic N) is 4. The molecule has 0 aliphatic carbocycles. The van der Waals surface area contributed by atoms with E-state index in [1.807, 2.05) is 7.05 Å². The lowest BCUT2D eigenvalue weighted by molar-refractivity contribution is -0.384. The summed E-state index contributed by atoms with van der Waals surface area (Å²) in [6.45, 7) is 10.3. The molecule has 0 aromatic heterocycles. The Morgan fingerprint density at radius 2 is 1.70 bits per heavy atom. The van der Waals surface area contributed by atoms with Crippen LogP contribution in [0.2, 0.25) is 0 Å². The van der Waals surface area contributed by atoms with Gasteiger partial charge in [-0.25, -0.2) is 14.5 Å². The van der Waals surface area contributed by atoms with Crippen molar-refractivity contribution in [2.24, 2.45) is 0 Å². The van der Waals surface area contributed by atoms with E-state index in [1.54, 1.807) is 25.7 Å². The third kappa shape index (κ3) is 6.64. The number of hydrogen-bond donors (Lipinski definition) is 1. The van der Waals surface area contributed by atoms with Gasteiger partial charge in [-0.1, -0.05) is 0 Å². The van der Waals surface area contributed by atoms with Crippen molar-refractivity contribution in [3.8, 4) is 0 Å². The zero-order valence-electron chi connectivity index (χ0n) is 20.0. The molecule has 1 saturated heterocycles. The van der Waals surface area contributed by atoms with Crippen LogP contribution < -0.4 is 0 Å². The number of hydrogen-bond acceptors (Lipinski definition) is 7. The van der Waals surface area contributed by atoms with Crippen molar-refractivity contribution in [2.45, 2.75) is 52.2 Å². The molecule has 0 bridgehead atoms. The Morgan fingerprint density at radius 3 is 2.18 bits per heavy atom. The Hall–Kier alpha value is -3.21. The SMILES string of the molecule is CN1CCN(C(=O)c2ccc([N+](=O)[O-])cc2CC(C)(C)N(C(=O)O)C(=O)OC(C)(C)C)CC1. The van der Waals surface area contributed by atoms with Crippen molar-refractivity contribution in [1.82, 2.24) is 14.7 Å². The molecule has 3 amide bonds. The summed E-state index contributed by atoms with van der Waals surface area (Å²) in [4.78, 5) is 53.0. The van der Waals surface area contributed by atoms with Gasteiger partial charge in [0, 0.05) is 43.9 Å². The second-order valence-corrected chi connectivity index (χ2v) is 9.78.